The molecule has 0 radical (unpaired) electrons. The van der Waals surface area contributed by atoms with Crippen molar-refractivity contribution in [2.75, 3.05) is 23.7 Å². The van der Waals surface area contributed by atoms with E-state index in [1.165, 1.54) is 0 Å². The van der Waals surface area contributed by atoms with Crippen molar-refractivity contribution in [1.29, 1.82) is 0 Å². The maximum absolute atomic E-state index is 10.0. The Bertz CT molecular complexity index is 395. The number of hydrogen-bond acceptors (Lipinski definition) is 4. The SMILES string of the molecule is CC1(O)CCCN(c2ncc(Cl)cc2N)C1. The van der Waals surface area contributed by atoms with Gasteiger partial charge in [0.2, 0.25) is 0 Å². The number of piperidine rings is 1. The molecular weight excluding hydrogens is 226 g/mol. The lowest BCUT2D eigenvalue weighted by Crippen LogP contribution is -2.46. The van der Waals surface area contributed by atoms with Crippen LogP contribution in [0.1, 0.15) is 19.8 Å². The number of halogens is 1. The van der Waals surface area contributed by atoms with Crippen LogP contribution in [0, 0.1) is 0 Å². The van der Waals surface area contributed by atoms with Crippen LogP contribution in [0.2, 0.25) is 5.02 Å². The summed E-state index contributed by atoms with van der Waals surface area (Å²) in [7, 11) is 0. The molecule has 1 unspecified atom stereocenters. The van der Waals surface area contributed by atoms with Crippen LogP contribution in [0.5, 0.6) is 0 Å². The Morgan fingerprint density at radius 2 is 2.38 bits per heavy atom. The first-order valence-corrected chi connectivity index (χ1v) is 5.74. The molecule has 1 aromatic heterocycles. The summed E-state index contributed by atoms with van der Waals surface area (Å²) in [5.74, 6) is 0.712. The van der Waals surface area contributed by atoms with Crippen molar-refractivity contribution >= 4 is 23.1 Å². The molecule has 1 fully saturated rings. The van der Waals surface area contributed by atoms with Crippen LogP contribution in [0.3, 0.4) is 0 Å². The lowest BCUT2D eigenvalue weighted by molar-refractivity contribution is 0.0447. The highest BCUT2D eigenvalue weighted by Crippen LogP contribution is 2.29. The zero-order valence-corrected chi connectivity index (χ0v) is 10.0. The smallest absolute Gasteiger partial charge is 0.151 e. The number of rotatable bonds is 1. The van der Waals surface area contributed by atoms with Gasteiger partial charge in [0, 0.05) is 19.3 Å². The molecule has 5 heteroatoms. The highest BCUT2D eigenvalue weighted by molar-refractivity contribution is 6.30. The number of nitrogen functional groups attached to an aromatic ring is 1. The Labute approximate surface area is 100 Å². The normalized spacial score (nSPS) is 25.8. The highest BCUT2D eigenvalue weighted by atomic mass is 35.5. The molecule has 1 aromatic rings. The van der Waals surface area contributed by atoms with Gasteiger partial charge in [-0.15, -0.1) is 0 Å². The Morgan fingerprint density at radius 1 is 1.62 bits per heavy atom. The van der Waals surface area contributed by atoms with E-state index in [-0.39, 0.29) is 0 Å². The van der Waals surface area contributed by atoms with E-state index in [1.54, 1.807) is 12.3 Å². The molecule has 16 heavy (non-hydrogen) atoms. The Morgan fingerprint density at radius 3 is 3.00 bits per heavy atom. The Hall–Kier alpha value is -1.00. The number of aliphatic hydroxyl groups is 1. The fourth-order valence-electron chi connectivity index (χ4n) is 2.11. The van der Waals surface area contributed by atoms with Crippen LogP contribution in [0.4, 0.5) is 11.5 Å². The molecule has 0 spiro atoms. The maximum Gasteiger partial charge on any atom is 0.151 e. The fraction of sp³-hybridized carbons (Fsp3) is 0.545. The molecule has 1 saturated heterocycles. The van der Waals surface area contributed by atoms with E-state index in [0.29, 0.717) is 23.1 Å². The van der Waals surface area contributed by atoms with E-state index in [4.69, 9.17) is 17.3 Å². The van der Waals surface area contributed by atoms with Gasteiger partial charge in [-0.05, 0) is 25.8 Å². The minimum atomic E-state index is -0.661. The number of nitrogens with zero attached hydrogens (tertiary/aromatic N) is 2. The predicted octanol–water partition coefficient (Wildman–Crippen LogP) is 1.67. The molecule has 88 valence electrons. The second-order valence-corrected chi connectivity index (χ2v) is 5.02. The van der Waals surface area contributed by atoms with Crippen LogP contribution in [-0.4, -0.2) is 28.8 Å². The molecule has 0 aliphatic carbocycles. The molecule has 0 aromatic carbocycles. The summed E-state index contributed by atoms with van der Waals surface area (Å²) < 4.78 is 0. The summed E-state index contributed by atoms with van der Waals surface area (Å²) in [4.78, 5) is 6.23. The standard InChI is InChI=1S/C11H16ClN3O/c1-11(16)3-2-4-15(7-11)10-9(13)5-8(12)6-14-10/h5-6,16H,2-4,7,13H2,1H3. The zero-order chi connectivity index (χ0) is 11.8. The van der Waals surface area contributed by atoms with Crippen LogP contribution >= 0.6 is 11.6 Å². The largest absolute Gasteiger partial charge is 0.396 e. The summed E-state index contributed by atoms with van der Waals surface area (Å²) in [5, 5.41) is 10.5. The van der Waals surface area contributed by atoms with Gasteiger partial charge in [-0.1, -0.05) is 11.6 Å². The van der Waals surface area contributed by atoms with Gasteiger partial charge in [-0.2, -0.15) is 0 Å². The van der Waals surface area contributed by atoms with Crippen molar-refractivity contribution in [2.45, 2.75) is 25.4 Å². The fourth-order valence-corrected chi connectivity index (χ4v) is 2.28. The van der Waals surface area contributed by atoms with E-state index < -0.39 is 5.60 Å². The first-order valence-electron chi connectivity index (χ1n) is 5.36. The third-order valence-electron chi connectivity index (χ3n) is 2.84. The van der Waals surface area contributed by atoms with E-state index in [9.17, 15) is 5.11 Å². The van der Waals surface area contributed by atoms with Gasteiger partial charge in [0.25, 0.3) is 0 Å². The topological polar surface area (TPSA) is 62.4 Å². The highest BCUT2D eigenvalue weighted by Gasteiger charge is 2.29. The van der Waals surface area contributed by atoms with Crippen molar-refractivity contribution in [3.05, 3.63) is 17.3 Å². The molecule has 3 N–H and O–H groups in total. The molecule has 0 saturated carbocycles. The van der Waals surface area contributed by atoms with Crippen LogP contribution < -0.4 is 10.6 Å². The maximum atomic E-state index is 10.0. The first-order chi connectivity index (χ1) is 7.48. The van der Waals surface area contributed by atoms with Crippen molar-refractivity contribution in [3.8, 4) is 0 Å². The first kappa shape index (κ1) is 11.5. The molecule has 1 atom stereocenters. The van der Waals surface area contributed by atoms with Gasteiger partial charge in [-0.25, -0.2) is 4.98 Å². The van der Waals surface area contributed by atoms with Gasteiger partial charge < -0.3 is 15.7 Å². The minimum absolute atomic E-state index is 0.532. The molecule has 1 aliphatic heterocycles. The number of aromatic nitrogens is 1. The van der Waals surface area contributed by atoms with Crippen LogP contribution in [-0.2, 0) is 0 Å². The Kier molecular flexibility index (Phi) is 2.95. The predicted molar refractivity (Wildman–Crippen MR) is 65.7 cm³/mol. The average molecular weight is 242 g/mol. The number of pyridine rings is 1. The molecular formula is C11H16ClN3O. The molecule has 2 heterocycles. The molecule has 0 amide bonds. The van der Waals surface area contributed by atoms with E-state index in [0.717, 1.165) is 19.4 Å². The van der Waals surface area contributed by atoms with Crippen molar-refractivity contribution in [2.24, 2.45) is 0 Å². The third kappa shape index (κ3) is 2.39. The molecule has 2 rings (SSSR count). The molecule has 4 nitrogen and oxygen atoms in total. The number of hydrogen-bond donors (Lipinski definition) is 2. The van der Waals surface area contributed by atoms with Crippen molar-refractivity contribution in [1.82, 2.24) is 4.98 Å². The molecule has 0 bridgehead atoms. The summed E-state index contributed by atoms with van der Waals surface area (Å²) >= 11 is 5.80. The summed E-state index contributed by atoms with van der Waals surface area (Å²) in [6, 6.07) is 1.69. The van der Waals surface area contributed by atoms with Crippen molar-refractivity contribution in [3.63, 3.8) is 0 Å². The lowest BCUT2D eigenvalue weighted by Gasteiger charge is -2.37. The Balaban J connectivity index is 2.23. The van der Waals surface area contributed by atoms with Gasteiger partial charge in [0.15, 0.2) is 5.82 Å². The summed E-state index contributed by atoms with van der Waals surface area (Å²) in [6.07, 6.45) is 3.34. The quantitative estimate of drug-likeness (QED) is 0.785. The lowest BCUT2D eigenvalue weighted by atomic mass is 9.95. The van der Waals surface area contributed by atoms with Gasteiger partial charge in [0.1, 0.15) is 0 Å². The van der Waals surface area contributed by atoms with Gasteiger partial charge in [0.05, 0.1) is 16.3 Å². The van der Waals surface area contributed by atoms with E-state index >= 15 is 0 Å². The van der Waals surface area contributed by atoms with Crippen LogP contribution in [0.25, 0.3) is 0 Å². The monoisotopic (exact) mass is 241 g/mol. The summed E-state index contributed by atoms with van der Waals surface area (Å²) in [5.41, 5.74) is 5.77. The second-order valence-electron chi connectivity index (χ2n) is 4.59. The second kappa shape index (κ2) is 4.11. The average Bonchev–Trinajstić information content (AvgIpc) is 2.15. The summed E-state index contributed by atoms with van der Waals surface area (Å²) in [6.45, 7) is 3.27. The van der Waals surface area contributed by atoms with Crippen molar-refractivity contribution < 1.29 is 5.11 Å². The number of nitrogens with two attached hydrogens (primary N) is 1. The minimum Gasteiger partial charge on any atom is -0.396 e. The van der Waals surface area contributed by atoms with E-state index in [2.05, 4.69) is 4.98 Å². The van der Waals surface area contributed by atoms with E-state index in [1.807, 2.05) is 11.8 Å². The third-order valence-corrected chi connectivity index (χ3v) is 3.04. The number of β-amino-alcohol motifs (C(OH)–C–C–N with tert-alkyl or cyclic N) is 1. The molecule has 1 aliphatic rings. The zero-order valence-electron chi connectivity index (χ0n) is 9.28. The van der Waals surface area contributed by atoms with Gasteiger partial charge in [-0.3, -0.25) is 0 Å². The van der Waals surface area contributed by atoms with Gasteiger partial charge >= 0.3 is 0 Å². The van der Waals surface area contributed by atoms with Crippen LogP contribution in [0.15, 0.2) is 12.3 Å². The number of anilines is 2.